The van der Waals surface area contributed by atoms with Crippen LogP contribution < -0.4 is 0 Å². The van der Waals surface area contributed by atoms with Gasteiger partial charge in [0.05, 0.1) is 6.61 Å². The van der Waals surface area contributed by atoms with E-state index >= 15 is 0 Å². The van der Waals surface area contributed by atoms with Crippen LogP contribution in [-0.4, -0.2) is 30.7 Å². The molecule has 78 valence electrons. The first kappa shape index (κ1) is 11.0. The number of rotatable bonds is 2. The van der Waals surface area contributed by atoms with E-state index in [2.05, 4.69) is 4.99 Å². The summed E-state index contributed by atoms with van der Waals surface area (Å²) in [5, 5.41) is 8.86. The van der Waals surface area contributed by atoms with E-state index in [-0.39, 0.29) is 12.2 Å². The Labute approximate surface area is 88.0 Å². The van der Waals surface area contributed by atoms with Gasteiger partial charge in [-0.15, -0.1) is 0 Å². The van der Waals surface area contributed by atoms with Crippen molar-refractivity contribution in [3.05, 3.63) is 23.7 Å². The highest BCUT2D eigenvalue weighted by molar-refractivity contribution is 5.94. The Morgan fingerprint density at radius 1 is 1.73 bits per heavy atom. The van der Waals surface area contributed by atoms with Gasteiger partial charge in [0.15, 0.2) is 11.4 Å². The molecule has 0 N–H and O–H groups in total. The number of ether oxygens (including phenoxy) is 1. The van der Waals surface area contributed by atoms with Gasteiger partial charge in [0, 0.05) is 19.5 Å². The van der Waals surface area contributed by atoms with Crippen LogP contribution in [0.3, 0.4) is 0 Å². The van der Waals surface area contributed by atoms with Gasteiger partial charge in [-0.25, -0.2) is 9.79 Å². The van der Waals surface area contributed by atoms with Gasteiger partial charge in [-0.2, -0.15) is 5.26 Å². The molecular formula is C10H11N3O2. The smallest absolute Gasteiger partial charge is 0.352 e. The summed E-state index contributed by atoms with van der Waals surface area (Å²) in [6, 6.07) is 1.80. The lowest BCUT2D eigenvalue weighted by Crippen LogP contribution is -2.18. The maximum Gasteiger partial charge on any atom is 0.352 e. The van der Waals surface area contributed by atoms with Crippen LogP contribution in [0.5, 0.6) is 0 Å². The average Bonchev–Trinajstić information content (AvgIpc) is 2.22. The van der Waals surface area contributed by atoms with E-state index in [0.29, 0.717) is 5.82 Å². The highest BCUT2D eigenvalue weighted by Gasteiger charge is 2.19. The highest BCUT2D eigenvalue weighted by Crippen LogP contribution is 2.14. The molecular weight excluding hydrogens is 194 g/mol. The fourth-order valence-electron chi connectivity index (χ4n) is 1.07. The minimum atomic E-state index is -0.644. The minimum Gasteiger partial charge on any atom is -0.462 e. The number of esters is 1. The molecule has 0 fully saturated rings. The first-order valence-corrected chi connectivity index (χ1v) is 4.46. The molecule has 5 heteroatoms. The van der Waals surface area contributed by atoms with Gasteiger partial charge >= 0.3 is 5.97 Å². The number of hydrogen-bond acceptors (Lipinski definition) is 5. The average molecular weight is 205 g/mol. The summed E-state index contributed by atoms with van der Waals surface area (Å²) in [6.07, 6.45) is 4.94. The third-order valence-electron chi connectivity index (χ3n) is 1.74. The van der Waals surface area contributed by atoms with Gasteiger partial charge in [-0.05, 0) is 13.0 Å². The maximum atomic E-state index is 11.4. The largest absolute Gasteiger partial charge is 0.462 e. The molecule has 0 aromatic rings. The molecule has 0 saturated carbocycles. The van der Waals surface area contributed by atoms with Gasteiger partial charge in [0.25, 0.3) is 0 Å². The van der Waals surface area contributed by atoms with Crippen molar-refractivity contribution < 1.29 is 9.53 Å². The van der Waals surface area contributed by atoms with Crippen molar-refractivity contribution in [3.63, 3.8) is 0 Å². The van der Waals surface area contributed by atoms with Gasteiger partial charge in [0.2, 0.25) is 0 Å². The Hall–Kier alpha value is -2.09. The number of hydrogen-bond donors (Lipinski definition) is 0. The monoisotopic (exact) mass is 205 g/mol. The van der Waals surface area contributed by atoms with E-state index in [1.54, 1.807) is 37.2 Å². The van der Waals surface area contributed by atoms with E-state index < -0.39 is 5.97 Å². The van der Waals surface area contributed by atoms with Crippen LogP contribution in [-0.2, 0) is 9.53 Å². The molecule has 0 spiro atoms. The Morgan fingerprint density at radius 2 is 2.47 bits per heavy atom. The fourth-order valence-corrected chi connectivity index (χ4v) is 1.07. The molecule has 0 radical (unpaired) electrons. The van der Waals surface area contributed by atoms with Gasteiger partial charge in [-0.3, -0.25) is 0 Å². The molecule has 0 saturated heterocycles. The second-order valence-corrected chi connectivity index (χ2v) is 2.76. The standard InChI is InChI=1S/C10H11N3O2/c1-3-15-10(14)8(7-11)9-12-5-4-6-13(9)2/h4-6H,3H2,1-2H3. The third kappa shape index (κ3) is 2.44. The van der Waals surface area contributed by atoms with Crippen LogP contribution in [0, 0.1) is 11.3 Å². The van der Waals surface area contributed by atoms with E-state index in [4.69, 9.17) is 10.00 Å². The summed E-state index contributed by atoms with van der Waals surface area (Å²) < 4.78 is 4.75. The summed E-state index contributed by atoms with van der Waals surface area (Å²) in [7, 11) is 1.71. The van der Waals surface area contributed by atoms with E-state index in [9.17, 15) is 4.79 Å². The topological polar surface area (TPSA) is 65.7 Å². The summed E-state index contributed by atoms with van der Waals surface area (Å²) in [5.41, 5.74) is -0.0834. The number of carbonyl (C=O) groups excluding carboxylic acids is 1. The summed E-state index contributed by atoms with van der Waals surface area (Å²) in [4.78, 5) is 16.9. The zero-order chi connectivity index (χ0) is 11.3. The second kappa shape index (κ2) is 4.96. The van der Waals surface area contributed by atoms with Gasteiger partial charge < -0.3 is 9.64 Å². The SMILES string of the molecule is CCOC(=O)C(C#N)=C1N=CC=CN1C. The van der Waals surface area contributed by atoms with Gasteiger partial charge in [0.1, 0.15) is 6.07 Å². The Bertz CT molecular complexity index is 388. The zero-order valence-corrected chi connectivity index (χ0v) is 8.60. The molecule has 5 nitrogen and oxygen atoms in total. The van der Waals surface area contributed by atoms with Crippen molar-refractivity contribution in [3.8, 4) is 6.07 Å². The highest BCUT2D eigenvalue weighted by atomic mass is 16.5. The van der Waals surface area contributed by atoms with Crippen LogP contribution >= 0.6 is 0 Å². The van der Waals surface area contributed by atoms with Crippen molar-refractivity contribution >= 4 is 12.2 Å². The number of allylic oxidation sites excluding steroid dienone is 1. The number of nitrogens with zero attached hydrogens (tertiary/aromatic N) is 3. The normalized spacial score (nSPS) is 17.3. The number of aliphatic imine (C=N–C) groups is 1. The first-order chi connectivity index (χ1) is 7.20. The minimum absolute atomic E-state index is 0.0834. The molecule has 0 unspecified atom stereocenters. The fraction of sp³-hybridized carbons (Fsp3) is 0.300. The molecule has 0 aliphatic carbocycles. The third-order valence-corrected chi connectivity index (χ3v) is 1.74. The van der Waals surface area contributed by atoms with Crippen molar-refractivity contribution in [1.29, 1.82) is 5.26 Å². The van der Waals surface area contributed by atoms with E-state index in [1.165, 1.54) is 6.21 Å². The maximum absolute atomic E-state index is 11.4. The molecule has 1 aliphatic heterocycles. The lowest BCUT2D eigenvalue weighted by atomic mass is 10.2. The van der Waals surface area contributed by atoms with Crippen molar-refractivity contribution in [2.75, 3.05) is 13.7 Å². The molecule has 1 aliphatic rings. The summed E-state index contributed by atoms with van der Waals surface area (Å²) in [5.74, 6) is -0.340. The van der Waals surface area contributed by atoms with Crippen molar-refractivity contribution in [1.82, 2.24) is 4.90 Å². The summed E-state index contributed by atoms with van der Waals surface area (Å²) >= 11 is 0. The quantitative estimate of drug-likeness (QED) is 0.380. The van der Waals surface area contributed by atoms with E-state index in [1.807, 2.05) is 0 Å². The molecule has 1 rings (SSSR count). The molecule has 15 heavy (non-hydrogen) atoms. The number of carbonyl (C=O) groups is 1. The van der Waals surface area contributed by atoms with E-state index in [0.717, 1.165) is 0 Å². The predicted molar refractivity (Wildman–Crippen MR) is 54.7 cm³/mol. The first-order valence-electron chi connectivity index (χ1n) is 4.46. The van der Waals surface area contributed by atoms with Crippen LogP contribution in [0.25, 0.3) is 0 Å². The van der Waals surface area contributed by atoms with Crippen LogP contribution in [0.4, 0.5) is 0 Å². The Morgan fingerprint density at radius 3 is 3.00 bits per heavy atom. The van der Waals surface area contributed by atoms with Crippen LogP contribution in [0.2, 0.25) is 0 Å². The zero-order valence-electron chi connectivity index (χ0n) is 8.60. The molecule has 1 heterocycles. The van der Waals surface area contributed by atoms with Gasteiger partial charge in [-0.1, -0.05) is 0 Å². The number of nitriles is 1. The molecule has 0 aromatic heterocycles. The van der Waals surface area contributed by atoms with Crippen molar-refractivity contribution in [2.24, 2.45) is 4.99 Å². The molecule has 0 bridgehead atoms. The summed E-state index contributed by atoms with van der Waals surface area (Å²) in [6.45, 7) is 1.92. The molecule has 0 atom stereocenters. The molecule has 0 aromatic carbocycles. The predicted octanol–water partition coefficient (Wildman–Crippen LogP) is 0.815. The Kier molecular flexibility index (Phi) is 3.63. The van der Waals surface area contributed by atoms with Crippen LogP contribution in [0.15, 0.2) is 28.7 Å². The Balaban J connectivity index is 3.04. The molecule has 0 amide bonds. The van der Waals surface area contributed by atoms with Crippen molar-refractivity contribution in [2.45, 2.75) is 6.92 Å². The lowest BCUT2D eigenvalue weighted by molar-refractivity contribution is -0.138. The second-order valence-electron chi connectivity index (χ2n) is 2.76. The van der Waals surface area contributed by atoms with Crippen LogP contribution in [0.1, 0.15) is 6.92 Å². The lowest BCUT2D eigenvalue weighted by Gasteiger charge is -2.17.